The molecule has 5 heterocycles. The van der Waals surface area contributed by atoms with Crippen LogP contribution in [0.5, 0.6) is 0 Å². The summed E-state index contributed by atoms with van der Waals surface area (Å²) >= 11 is 0. The molecule has 0 saturated carbocycles. The van der Waals surface area contributed by atoms with Crippen molar-refractivity contribution < 1.29 is 9.13 Å². The van der Waals surface area contributed by atoms with Gasteiger partial charge in [0.05, 0.1) is 12.6 Å². The number of likely N-dealkylation sites (N-methyl/N-ethyl adjacent to an activating group) is 1. The minimum Gasteiger partial charge on any atom is -0.378 e. The Labute approximate surface area is 211 Å². The molecule has 3 aromatic rings. The van der Waals surface area contributed by atoms with Gasteiger partial charge in [0.1, 0.15) is 23.6 Å². The quantitative estimate of drug-likeness (QED) is 0.487. The van der Waals surface area contributed by atoms with E-state index in [1.807, 2.05) is 24.3 Å². The number of pyridine rings is 2. The minimum absolute atomic E-state index is 0.217. The SMILES string of the molecule is CNC[C@@H]1CCN1c1ncc(C(C)C)c2cc(Nc3ccnc(N4CC[C@H](OC)[C@H](F)C4)n3)ncc12. The lowest BCUT2D eigenvalue weighted by Crippen LogP contribution is -2.52. The van der Waals surface area contributed by atoms with Gasteiger partial charge in [-0.3, -0.25) is 0 Å². The van der Waals surface area contributed by atoms with Gasteiger partial charge in [-0.2, -0.15) is 4.98 Å². The van der Waals surface area contributed by atoms with Crippen molar-refractivity contribution in [2.45, 2.75) is 50.9 Å². The van der Waals surface area contributed by atoms with Crippen molar-refractivity contribution in [1.29, 1.82) is 0 Å². The molecule has 0 spiro atoms. The number of nitrogens with zero attached hydrogens (tertiary/aromatic N) is 6. The van der Waals surface area contributed by atoms with Crippen LogP contribution in [0.4, 0.5) is 27.8 Å². The number of anilines is 4. The van der Waals surface area contributed by atoms with E-state index in [0.717, 1.165) is 36.1 Å². The molecular weight excluding hydrogens is 459 g/mol. The number of nitrogens with one attached hydrogen (secondary N) is 2. The maximum Gasteiger partial charge on any atom is 0.227 e. The first-order valence-electron chi connectivity index (χ1n) is 12.7. The van der Waals surface area contributed by atoms with Gasteiger partial charge in [-0.05, 0) is 48.9 Å². The number of hydrogen-bond acceptors (Lipinski definition) is 9. The summed E-state index contributed by atoms with van der Waals surface area (Å²) in [6.07, 6.45) is 5.92. The maximum absolute atomic E-state index is 14.4. The van der Waals surface area contributed by atoms with E-state index in [4.69, 9.17) is 14.7 Å². The molecule has 3 atom stereocenters. The third kappa shape index (κ3) is 4.79. The second-order valence-electron chi connectivity index (χ2n) is 9.89. The van der Waals surface area contributed by atoms with E-state index in [9.17, 15) is 4.39 Å². The molecule has 2 aliphatic rings. The lowest BCUT2D eigenvalue weighted by molar-refractivity contribution is 0.0194. The Bertz CT molecular complexity index is 1210. The molecule has 36 heavy (non-hydrogen) atoms. The number of fused-ring (bicyclic) bond motifs is 1. The fourth-order valence-corrected chi connectivity index (χ4v) is 5.10. The molecule has 2 N–H and O–H groups in total. The highest BCUT2D eigenvalue weighted by Gasteiger charge is 2.31. The third-order valence-electron chi connectivity index (χ3n) is 7.23. The van der Waals surface area contributed by atoms with Gasteiger partial charge in [-0.1, -0.05) is 13.8 Å². The van der Waals surface area contributed by atoms with Crippen LogP contribution in [0.15, 0.2) is 30.7 Å². The standard InChI is InChI=1S/C26H35FN8O/c1-16(2)19-13-31-25(35-10-6-17(35)12-28-3)20-14-30-24(11-18(19)20)32-23-5-8-29-26(33-23)34-9-7-22(36-4)21(27)15-34/h5,8,11,13-14,16-17,21-22,28H,6-7,9-10,12,15H2,1-4H3,(H,29,30,32,33)/t17-,21+,22-/m0/s1. The number of aromatic nitrogens is 4. The first kappa shape index (κ1) is 24.6. The molecular formula is C26H35FN8O. The lowest BCUT2D eigenvalue weighted by Gasteiger charge is -2.42. The van der Waals surface area contributed by atoms with Gasteiger partial charge in [-0.15, -0.1) is 0 Å². The van der Waals surface area contributed by atoms with E-state index >= 15 is 0 Å². The summed E-state index contributed by atoms with van der Waals surface area (Å²) in [5.74, 6) is 3.13. The number of rotatable bonds is 8. The van der Waals surface area contributed by atoms with Gasteiger partial charge in [0, 0.05) is 56.8 Å². The second kappa shape index (κ2) is 10.5. The molecule has 2 saturated heterocycles. The van der Waals surface area contributed by atoms with Crippen LogP contribution in [0.1, 0.15) is 38.2 Å². The van der Waals surface area contributed by atoms with E-state index in [-0.39, 0.29) is 12.6 Å². The van der Waals surface area contributed by atoms with Crippen molar-refractivity contribution in [3.05, 3.63) is 36.3 Å². The first-order valence-corrected chi connectivity index (χ1v) is 12.7. The number of methoxy groups -OCH3 is 1. The van der Waals surface area contributed by atoms with Gasteiger partial charge in [0.25, 0.3) is 0 Å². The Hall–Kier alpha value is -3.11. The molecule has 5 rings (SSSR count). The molecule has 0 amide bonds. The summed E-state index contributed by atoms with van der Waals surface area (Å²) in [5, 5.41) is 8.81. The first-order chi connectivity index (χ1) is 17.5. The normalized spacial score (nSPS) is 22.2. The molecule has 3 aromatic heterocycles. The molecule has 0 bridgehead atoms. The zero-order chi connectivity index (χ0) is 25.2. The van der Waals surface area contributed by atoms with Gasteiger partial charge in [-0.25, -0.2) is 19.3 Å². The average molecular weight is 495 g/mol. The van der Waals surface area contributed by atoms with Gasteiger partial charge in [0.15, 0.2) is 0 Å². The highest BCUT2D eigenvalue weighted by molar-refractivity contribution is 5.96. The van der Waals surface area contributed by atoms with Crippen LogP contribution in [0, 0.1) is 0 Å². The van der Waals surface area contributed by atoms with Crippen molar-refractivity contribution in [3.63, 3.8) is 0 Å². The van der Waals surface area contributed by atoms with Crippen LogP contribution >= 0.6 is 0 Å². The van der Waals surface area contributed by atoms with E-state index in [2.05, 4.69) is 45.4 Å². The predicted octanol–water partition coefficient (Wildman–Crippen LogP) is 3.65. The number of alkyl halides is 1. The molecule has 10 heteroatoms. The van der Waals surface area contributed by atoms with Crippen LogP contribution in [-0.2, 0) is 4.74 Å². The van der Waals surface area contributed by atoms with Crippen molar-refractivity contribution in [1.82, 2.24) is 25.3 Å². The van der Waals surface area contributed by atoms with Crippen LogP contribution in [0.3, 0.4) is 0 Å². The van der Waals surface area contributed by atoms with E-state index in [1.165, 1.54) is 5.56 Å². The molecule has 9 nitrogen and oxygen atoms in total. The number of piperidine rings is 1. The Morgan fingerprint density at radius 1 is 1.11 bits per heavy atom. The molecule has 2 fully saturated rings. The highest BCUT2D eigenvalue weighted by atomic mass is 19.1. The fourth-order valence-electron chi connectivity index (χ4n) is 5.10. The summed E-state index contributed by atoms with van der Waals surface area (Å²) in [5.41, 5.74) is 1.18. The molecule has 0 aromatic carbocycles. The van der Waals surface area contributed by atoms with Crippen molar-refractivity contribution in [2.24, 2.45) is 0 Å². The largest absolute Gasteiger partial charge is 0.378 e. The fraction of sp³-hybridized carbons (Fsp3) is 0.538. The van der Waals surface area contributed by atoms with Crippen molar-refractivity contribution in [2.75, 3.05) is 55.5 Å². The topological polar surface area (TPSA) is 91.3 Å². The summed E-state index contributed by atoms with van der Waals surface area (Å²) in [4.78, 5) is 22.8. The van der Waals surface area contributed by atoms with Crippen LogP contribution in [0.25, 0.3) is 10.8 Å². The van der Waals surface area contributed by atoms with Crippen LogP contribution in [0.2, 0.25) is 0 Å². The minimum atomic E-state index is -1.07. The lowest BCUT2D eigenvalue weighted by atomic mass is 9.97. The van der Waals surface area contributed by atoms with Crippen molar-refractivity contribution >= 4 is 34.2 Å². The summed E-state index contributed by atoms with van der Waals surface area (Å²) in [6.45, 7) is 7.16. The van der Waals surface area contributed by atoms with E-state index < -0.39 is 6.17 Å². The second-order valence-corrected chi connectivity index (χ2v) is 9.89. The molecule has 0 unspecified atom stereocenters. The Morgan fingerprint density at radius 3 is 2.67 bits per heavy atom. The maximum atomic E-state index is 14.4. The Kier molecular flexibility index (Phi) is 7.15. The highest BCUT2D eigenvalue weighted by Crippen LogP contribution is 2.35. The summed E-state index contributed by atoms with van der Waals surface area (Å²) in [7, 11) is 3.54. The van der Waals surface area contributed by atoms with Crippen LogP contribution in [-0.4, -0.2) is 78.6 Å². The molecule has 192 valence electrons. The molecule has 2 aliphatic heterocycles. The smallest absolute Gasteiger partial charge is 0.227 e. The average Bonchev–Trinajstić information content (AvgIpc) is 2.86. The number of ether oxygens (including phenoxy) is 1. The monoisotopic (exact) mass is 494 g/mol. The summed E-state index contributed by atoms with van der Waals surface area (Å²) < 4.78 is 19.6. The van der Waals surface area contributed by atoms with Gasteiger partial charge >= 0.3 is 0 Å². The molecule has 0 radical (unpaired) electrons. The predicted molar refractivity (Wildman–Crippen MR) is 141 cm³/mol. The van der Waals surface area contributed by atoms with E-state index in [1.54, 1.807) is 19.4 Å². The third-order valence-corrected chi connectivity index (χ3v) is 7.23. The number of halogens is 1. The van der Waals surface area contributed by atoms with Gasteiger partial charge in [0.2, 0.25) is 5.95 Å². The van der Waals surface area contributed by atoms with Crippen LogP contribution < -0.4 is 20.4 Å². The zero-order valence-corrected chi connectivity index (χ0v) is 21.4. The zero-order valence-electron chi connectivity index (χ0n) is 21.4. The Morgan fingerprint density at radius 2 is 1.97 bits per heavy atom. The van der Waals surface area contributed by atoms with Gasteiger partial charge < -0.3 is 25.2 Å². The van der Waals surface area contributed by atoms with Crippen molar-refractivity contribution in [3.8, 4) is 0 Å². The summed E-state index contributed by atoms with van der Waals surface area (Å²) in [6, 6.07) is 4.32. The molecule has 0 aliphatic carbocycles. The Balaban J connectivity index is 1.41. The number of hydrogen-bond donors (Lipinski definition) is 2. The van der Waals surface area contributed by atoms with E-state index in [0.29, 0.717) is 42.5 Å².